The van der Waals surface area contributed by atoms with E-state index in [9.17, 15) is 4.79 Å². The molecule has 1 saturated heterocycles. The van der Waals surface area contributed by atoms with Crippen molar-refractivity contribution in [2.45, 2.75) is 56.5 Å². The first-order valence-electron chi connectivity index (χ1n) is 8.34. The van der Waals surface area contributed by atoms with E-state index in [1.807, 2.05) is 0 Å². The zero-order valence-corrected chi connectivity index (χ0v) is 16.0. The number of carbonyl (C=O) groups is 1. The molecule has 0 radical (unpaired) electrons. The third kappa shape index (κ3) is 6.39. The highest BCUT2D eigenvalue weighted by Gasteiger charge is 2.36. The fourth-order valence-electron chi connectivity index (χ4n) is 3.63. The van der Waals surface area contributed by atoms with Crippen LogP contribution in [0.4, 0.5) is 0 Å². The fourth-order valence-corrected chi connectivity index (χ4v) is 3.63. The summed E-state index contributed by atoms with van der Waals surface area (Å²) in [6, 6.07) is 0.415. The number of hydrogen-bond donors (Lipinski definition) is 2. The van der Waals surface area contributed by atoms with Gasteiger partial charge in [-0.1, -0.05) is 19.3 Å². The molecule has 2 rings (SSSR count). The molecule has 2 fully saturated rings. The van der Waals surface area contributed by atoms with Crippen molar-refractivity contribution in [2.75, 3.05) is 33.9 Å². The standard InChI is InChI=1S/C16H31N3O2.2ClH/c1-19(2)14(13-6-4-3-5-7-13)12-18-15(20)16(17)8-10-21-11-9-16;;/h13-14H,3-12,17H2,1-2H3,(H,18,20);2*1H. The smallest absolute Gasteiger partial charge is 0.240 e. The third-order valence-corrected chi connectivity index (χ3v) is 5.17. The van der Waals surface area contributed by atoms with Crippen LogP contribution in [-0.4, -0.2) is 56.2 Å². The zero-order valence-electron chi connectivity index (χ0n) is 14.4. The lowest BCUT2D eigenvalue weighted by Gasteiger charge is -2.37. The van der Waals surface area contributed by atoms with Crippen molar-refractivity contribution >= 4 is 30.7 Å². The molecule has 138 valence electrons. The normalized spacial score (nSPS) is 22.6. The minimum Gasteiger partial charge on any atom is -0.381 e. The molecule has 23 heavy (non-hydrogen) atoms. The Morgan fingerprint density at radius 3 is 2.30 bits per heavy atom. The van der Waals surface area contributed by atoms with Crippen LogP contribution >= 0.6 is 24.8 Å². The molecule has 2 aliphatic rings. The van der Waals surface area contributed by atoms with Crippen molar-refractivity contribution in [3.63, 3.8) is 0 Å². The van der Waals surface area contributed by atoms with Crippen LogP contribution in [0.5, 0.6) is 0 Å². The average molecular weight is 370 g/mol. The van der Waals surface area contributed by atoms with E-state index in [-0.39, 0.29) is 30.7 Å². The van der Waals surface area contributed by atoms with Crippen LogP contribution in [0.2, 0.25) is 0 Å². The number of nitrogens with one attached hydrogen (secondary N) is 1. The van der Waals surface area contributed by atoms with Crippen molar-refractivity contribution in [3.05, 3.63) is 0 Å². The maximum absolute atomic E-state index is 12.4. The van der Waals surface area contributed by atoms with Gasteiger partial charge in [0.1, 0.15) is 0 Å². The first kappa shape index (κ1) is 22.9. The summed E-state index contributed by atoms with van der Waals surface area (Å²) in [5.74, 6) is 0.686. The highest BCUT2D eigenvalue weighted by Crippen LogP contribution is 2.28. The molecule has 0 bridgehead atoms. The number of ether oxygens (including phenoxy) is 1. The number of hydrogen-bond acceptors (Lipinski definition) is 4. The highest BCUT2D eigenvalue weighted by atomic mass is 35.5. The van der Waals surface area contributed by atoms with Gasteiger partial charge in [-0.15, -0.1) is 24.8 Å². The van der Waals surface area contributed by atoms with Crippen molar-refractivity contribution in [2.24, 2.45) is 11.7 Å². The lowest BCUT2D eigenvalue weighted by atomic mass is 9.83. The summed E-state index contributed by atoms with van der Waals surface area (Å²) in [5, 5.41) is 3.11. The van der Waals surface area contributed by atoms with E-state index in [0.29, 0.717) is 44.6 Å². The molecule has 1 amide bonds. The Labute approximate surface area is 152 Å². The molecule has 7 heteroatoms. The lowest BCUT2D eigenvalue weighted by molar-refractivity contribution is -0.130. The second-order valence-corrected chi connectivity index (χ2v) is 6.91. The molecule has 1 atom stereocenters. The minimum atomic E-state index is -0.734. The van der Waals surface area contributed by atoms with Gasteiger partial charge in [0.05, 0.1) is 5.54 Å². The first-order chi connectivity index (χ1) is 10.0. The third-order valence-electron chi connectivity index (χ3n) is 5.17. The highest BCUT2D eigenvalue weighted by molar-refractivity contribution is 5.86. The topological polar surface area (TPSA) is 67.6 Å². The number of nitrogens with two attached hydrogens (primary N) is 1. The SMILES string of the molecule is CN(C)C(CNC(=O)C1(N)CCOCC1)C1CCCCC1.Cl.Cl. The van der Waals surface area contributed by atoms with Crippen LogP contribution in [0.3, 0.4) is 0 Å². The van der Waals surface area contributed by atoms with Gasteiger partial charge in [0.2, 0.25) is 5.91 Å². The number of halogens is 2. The van der Waals surface area contributed by atoms with E-state index in [1.54, 1.807) is 0 Å². The van der Waals surface area contributed by atoms with E-state index in [0.717, 1.165) is 0 Å². The van der Waals surface area contributed by atoms with Crippen LogP contribution in [0, 0.1) is 5.92 Å². The van der Waals surface area contributed by atoms with Crippen molar-refractivity contribution in [1.29, 1.82) is 0 Å². The predicted octanol–water partition coefficient (Wildman–Crippen LogP) is 1.96. The molecule has 0 aromatic carbocycles. The van der Waals surface area contributed by atoms with E-state index in [4.69, 9.17) is 10.5 Å². The van der Waals surface area contributed by atoms with Crippen LogP contribution < -0.4 is 11.1 Å². The molecule has 0 aromatic heterocycles. The summed E-state index contributed by atoms with van der Waals surface area (Å²) >= 11 is 0. The lowest BCUT2D eigenvalue weighted by Crippen LogP contribution is -2.58. The summed E-state index contributed by atoms with van der Waals surface area (Å²) in [6.07, 6.45) is 7.79. The van der Waals surface area contributed by atoms with Gasteiger partial charge in [0.25, 0.3) is 0 Å². The average Bonchev–Trinajstić information content (AvgIpc) is 2.48. The van der Waals surface area contributed by atoms with E-state index < -0.39 is 5.54 Å². The second kappa shape index (κ2) is 10.7. The molecular weight excluding hydrogens is 337 g/mol. The van der Waals surface area contributed by atoms with Gasteiger partial charge in [-0.3, -0.25) is 4.79 Å². The number of nitrogens with zero attached hydrogens (tertiary/aromatic N) is 1. The zero-order chi connectivity index (χ0) is 15.3. The van der Waals surface area contributed by atoms with Gasteiger partial charge in [-0.05, 0) is 45.7 Å². The molecule has 5 nitrogen and oxygen atoms in total. The molecule has 3 N–H and O–H groups in total. The number of rotatable bonds is 5. The molecule has 1 saturated carbocycles. The Morgan fingerprint density at radius 1 is 1.22 bits per heavy atom. The summed E-state index contributed by atoms with van der Waals surface area (Å²) in [7, 11) is 4.22. The van der Waals surface area contributed by atoms with Gasteiger partial charge in [0.15, 0.2) is 0 Å². The largest absolute Gasteiger partial charge is 0.381 e. The van der Waals surface area contributed by atoms with Gasteiger partial charge < -0.3 is 20.7 Å². The Balaban J connectivity index is 0.00000242. The predicted molar refractivity (Wildman–Crippen MR) is 98.5 cm³/mol. The summed E-state index contributed by atoms with van der Waals surface area (Å²) in [6.45, 7) is 1.88. The van der Waals surface area contributed by atoms with Crippen molar-refractivity contribution < 1.29 is 9.53 Å². The number of amides is 1. The Bertz CT molecular complexity index is 344. The Hall–Kier alpha value is -0.0700. The fraction of sp³-hybridized carbons (Fsp3) is 0.938. The maximum Gasteiger partial charge on any atom is 0.240 e. The van der Waals surface area contributed by atoms with Gasteiger partial charge >= 0.3 is 0 Å². The van der Waals surface area contributed by atoms with E-state index in [2.05, 4.69) is 24.3 Å². The summed E-state index contributed by atoms with van der Waals surface area (Å²) in [5.41, 5.74) is 5.50. The molecule has 1 aliphatic heterocycles. The quantitative estimate of drug-likeness (QED) is 0.777. The minimum absolute atomic E-state index is 0. The monoisotopic (exact) mass is 369 g/mol. The molecule has 1 heterocycles. The van der Waals surface area contributed by atoms with Crippen LogP contribution in [0.15, 0.2) is 0 Å². The Kier molecular flexibility index (Phi) is 10.7. The van der Waals surface area contributed by atoms with Crippen molar-refractivity contribution in [3.8, 4) is 0 Å². The second-order valence-electron chi connectivity index (χ2n) is 6.91. The van der Waals surface area contributed by atoms with Gasteiger partial charge in [-0.2, -0.15) is 0 Å². The molecule has 0 spiro atoms. The van der Waals surface area contributed by atoms with Crippen LogP contribution in [0.25, 0.3) is 0 Å². The maximum atomic E-state index is 12.4. The Morgan fingerprint density at radius 2 is 1.78 bits per heavy atom. The van der Waals surface area contributed by atoms with Gasteiger partial charge in [0, 0.05) is 25.8 Å². The molecule has 1 unspecified atom stereocenters. The van der Waals surface area contributed by atoms with Crippen LogP contribution in [0.1, 0.15) is 44.9 Å². The summed E-state index contributed by atoms with van der Waals surface area (Å²) < 4.78 is 5.31. The first-order valence-corrected chi connectivity index (χ1v) is 8.34. The molecule has 0 aromatic rings. The van der Waals surface area contributed by atoms with E-state index in [1.165, 1.54) is 32.1 Å². The number of carbonyl (C=O) groups excluding carboxylic acids is 1. The van der Waals surface area contributed by atoms with Gasteiger partial charge in [-0.25, -0.2) is 0 Å². The summed E-state index contributed by atoms with van der Waals surface area (Å²) in [4.78, 5) is 14.7. The number of likely N-dealkylation sites (N-methyl/N-ethyl adjacent to an activating group) is 1. The molecule has 1 aliphatic carbocycles. The molecular formula is C16H33Cl2N3O2. The van der Waals surface area contributed by atoms with Crippen LogP contribution in [-0.2, 0) is 9.53 Å². The van der Waals surface area contributed by atoms with E-state index >= 15 is 0 Å². The van der Waals surface area contributed by atoms with Crippen molar-refractivity contribution in [1.82, 2.24) is 10.2 Å².